The summed E-state index contributed by atoms with van der Waals surface area (Å²) in [6, 6.07) is 12.0. The second-order valence-corrected chi connectivity index (χ2v) is 7.31. The Morgan fingerprint density at radius 1 is 0.966 bits per heavy atom. The van der Waals surface area contributed by atoms with Gasteiger partial charge in [0.2, 0.25) is 5.78 Å². The zero-order valence-corrected chi connectivity index (χ0v) is 17.5. The molecular weight excluding hydrogens is 394 g/mol. The van der Waals surface area contributed by atoms with Crippen LogP contribution in [0.25, 0.3) is 0 Å². The third-order valence-corrected chi connectivity index (χ3v) is 4.57. The number of hydrogen-bond donors (Lipinski definition) is 1. The number of benzene rings is 2. The van der Waals surface area contributed by atoms with Gasteiger partial charge in [0.05, 0.1) is 7.11 Å². The first-order valence-corrected chi connectivity index (χ1v) is 9.56. The number of carbonyl (C=O) groups is 3. The lowest BCUT2D eigenvalue weighted by atomic mass is 10.0. The molecule has 0 fully saturated rings. The molecular formula is C22H24ClNO5. The zero-order chi connectivity index (χ0) is 21.6. The van der Waals surface area contributed by atoms with E-state index in [0.29, 0.717) is 21.9 Å². The van der Waals surface area contributed by atoms with E-state index in [1.807, 2.05) is 0 Å². The summed E-state index contributed by atoms with van der Waals surface area (Å²) in [7, 11) is 1.53. The highest BCUT2D eigenvalue weighted by Gasteiger charge is 2.29. The lowest BCUT2D eigenvalue weighted by Crippen LogP contribution is -2.46. The Morgan fingerprint density at radius 3 is 2.17 bits per heavy atom. The van der Waals surface area contributed by atoms with Crippen molar-refractivity contribution < 1.29 is 23.9 Å². The zero-order valence-electron chi connectivity index (χ0n) is 16.8. The molecule has 0 heterocycles. The number of Topliss-reactive ketones (excluding diaryl/α,β-unsaturated/α-hetero) is 1. The number of esters is 1. The van der Waals surface area contributed by atoms with E-state index in [-0.39, 0.29) is 11.7 Å². The maximum absolute atomic E-state index is 12.6. The number of amides is 1. The van der Waals surface area contributed by atoms with Gasteiger partial charge < -0.3 is 14.8 Å². The Morgan fingerprint density at radius 2 is 1.62 bits per heavy atom. The molecule has 0 radical (unpaired) electrons. The fraction of sp³-hybridized carbons (Fsp3) is 0.318. The molecule has 0 saturated carbocycles. The predicted octanol–water partition coefficient (Wildman–Crippen LogP) is 3.92. The van der Waals surface area contributed by atoms with Crippen molar-refractivity contribution in [1.29, 1.82) is 0 Å². The highest BCUT2D eigenvalue weighted by atomic mass is 35.5. The summed E-state index contributed by atoms with van der Waals surface area (Å²) >= 11 is 5.91. The Balaban J connectivity index is 2.06. The summed E-state index contributed by atoms with van der Waals surface area (Å²) in [5.41, 5.74) is 0.730. The van der Waals surface area contributed by atoms with Crippen molar-refractivity contribution in [3.63, 3.8) is 0 Å². The molecule has 2 aromatic rings. The average Bonchev–Trinajstić information content (AvgIpc) is 2.70. The predicted molar refractivity (Wildman–Crippen MR) is 110 cm³/mol. The Bertz CT molecular complexity index is 879. The Labute approximate surface area is 175 Å². The quantitative estimate of drug-likeness (QED) is 0.520. The van der Waals surface area contributed by atoms with Crippen LogP contribution in [0, 0.1) is 5.92 Å². The molecule has 0 aliphatic carbocycles. The monoisotopic (exact) mass is 417 g/mol. The van der Waals surface area contributed by atoms with E-state index in [2.05, 4.69) is 5.32 Å². The molecule has 2 atom stereocenters. The second kappa shape index (κ2) is 10.1. The van der Waals surface area contributed by atoms with E-state index >= 15 is 0 Å². The topological polar surface area (TPSA) is 81.7 Å². The van der Waals surface area contributed by atoms with Crippen LogP contribution < -0.4 is 10.1 Å². The third kappa shape index (κ3) is 6.06. The van der Waals surface area contributed by atoms with Crippen LogP contribution in [0.15, 0.2) is 48.5 Å². The molecule has 154 valence electrons. The largest absolute Gasteiger partial charge is 0.497 e. The molecule has 2 rings (SSSR count). The van der Waals surface area contributed by atoms with Gasteiger partial charge in [0.25, 0.3) is 5.91 Å². The van der Waals surface area contributed by atoms with Crippen LogP contribution in [0.2, 0.25) is 5.02 Å². The van der Waals surface area contributed by atoms with E-state index in [1.54, 1.807) is 56.3 Å². The summed E-state index contributed by atoms with van der Waals surface area (Å²) in [6.45, 7) is 5.05. The number of hydrogen-bond acceptors (Lipinski definition) is 5. The highest BCUT2D eigenvalue weighted by Crippen LogP contribution is 2.16. The smallest absolute Gasteiger partial charge is 0.329 e. The number of carbonyl (C=O) groups excluding carboxylic acids is 3. The van der Waals surface area contributed by atoms with Crippen molar-refractivity contribution in [2.45, 2.75) is 32.9 Å². The average molecular weight is 418 g/mol. The molecule has 0 aromatic heterocycles. The molecule has 1 unspecified atom stereocenters. The number of ether oxygens (including phenoxy) is 2. The van der Waals surface area contributed by atoms with Gasteiger partial charge in [0.1, 0.15) is 11.8 Å². The van der Waals surface area contributed by atoms with Gasteiger partial charge in [-0.25, -0.2) is 4.79 Å². The summed E-state index contributed by atoms with van der Waals surface area (Å²) < 4.78 is 10.4. The molecule has 0 aliphatic rings. The molecule has 6 nitrogen and oxygen atoms in total. The van der Waals surface area contributed by atoms with Crippen LogP contribution in [-0.4, -0.2) is 36.9 Å². The molecule has 29 heavy (non-hydrogen) atoms. The van der Waals surface area contributed by atoms with Gasteiger partial charge in [-0.15, -0.1) is 0 Å². The van der Waals surface area contributed by atoms with Gasteiger partial charge in [-0.2, -0.15) is 0 Å². The lowest BCUT2D eigenvalue weighted by molar-refractivity contribution is -0.149. The summed E-state index contributed by atoms with van der Waals surface area (Å²) in [4.78, 5) is 37.6. The van der Waals surface area contributed by atoms with E-state index in [4.69, 9.17) is 21.1 Å². The van der Waals surface area contributed by atoms with Crippen LogP contribution >= 0.6 is 11.6 Å². The minimum absolute atomic E-state index is 0.238. The van der Waals surface area contributed by atoms with Gasteiger partial charge in [-0.05, 0) is 49.2 Å². The Kier molecular flexibility index (Phi) is 7.79. The van der Waals surface area contributed by atoms with E-state index in [9.17, 15) is 14.4 Å². The standard InChI is InChI=1S/C22H24ClNO5/c1-13(2)19(24-21(26)15-8-10-18(28-4)11-9-15)22(27)29-14(3)20(25)16-6-5-7-17(23)12-16/h5-14,19H,1-4H3,(H,24,26)/t14?,19-/m0/s1. The molecule has 0 aliphatic heterocycles. The van der Waals surface area contributed by atoms with Crippen molar-refractivity contribution in [2.75, 3.05) is 7.11 Å². The van der Waals surface area contributed by atoms with Crippen molar-refractivity contribution in [1.82, 2.24) is 5.32 Å². The molecule has 2 aromatic carbocycles. The summed E-state index contributed by atoms with van der Waals surface area (Å²) in [5.74, 6) is -1.08. The van der Waals surface area contributed by atoms with Crippen LogP contribution in [0.3, 0.4) is 0 Å². The summed E-state index contributed by atoms with van der Waals surface area (Å²) in [5, 5.41) is 3.09. The molecule has 0 spiro atoms. The normalized spacial score (nSPS) is 12.8. The molecule has 7 heteroatoms. The van der Waals surface area contributed by atoms with Gasteiger partial charge in [-0.1, -0.05) is 37.6 Å². The highest BCUT2D eigenvalue weighted by molar-refractivity contribution is 6.31. The SMILES string of the molecule is COc1ccc(C(=O)N[C@H](C(=O)OC(C)C(=O)c2cccc(Cl)c2)C(C)C)cc1. The van der Waals surface area contributed by atoms with Crippen molar-refractivity contribution in [3.05, 3.63) is 64.7 Å². The molecule has 0 saturated heterocycles. The maximum atomic E-state index is 12.6. The minimum atomic E-state index is -1.01. The molecule has 1 N–H and O–H groups in total. The number of halogens is 1. The van der Waals surface area contributed by atoms with Crippen LogP contribution in [0.5, 0.6) is 5.75 Å². The van der Waals surface area contributed by atoms with Crippen LogP contribution in [0.4, 0.5) is 0 Å². The maximum Gasteiger partial charge on any atom is 0.329 e. The van der Waals surface area contributed by atoms with Crippen molar-refractivity contribution in [3.8, 4) is 5.75 Å². The fourth-order valence-electron chi connectivity index (χ4n) is 2.64. The lowest BCUT2D eigenvalue weighted by Gasteiger charge is -2.23. The Hall–Kier alpha value is -2.86. The van der Waals surface area contributed by atoms with Crippen molar-refractivity contribution in [2.24, 2.45) is 5.92 Å². The first-order valence-electron chi connectivity index (χ1n) is 9.18. The van der Waals surface area contributed by atoms with E-state index in [0.717, 1.165) is 0 Å². The fourth-order valence-corrected chi connectivity index (χ4v) is 2.83. The van der Waals surface area contributed by atoms with Gasteiger partial charge >= 0.3 is 5.97 Å². The number of methoxy groups -OCH3 is 1. The first kappa shape index (κ1) is 22.4. The molecule has 0 bridgehead atoms. The first-order chi connectivity index (χ1) is 13.7. The number of ketones is 1. The third-order valence-electron chi connectivity index (χ3n) is 4.33. The number of nitrogens with one attached hydrogen (secondary N) is 1. The van der Waals surface area contributed by atoms with Gasteiger partial charge in [0, 0.05) is 16.1 Å². The van der Waals surface area contributed by atoms with Crippen molar-refractivity contribution >= 4 is 29.3 Å². The van der Waals surface area contributed by atoms with Gasteiger partial charge in [0.15, 0.2) is 6.10 Å². The molecule has 1 amide bonds. The minimum Gasteiger partial charge on any atom is -0.497 e. The van der Waals surface area contributed by atoms with E-state index in [1.165, 1.54) is 20.1 Å². The van der Waals surface area contributed by atoms with Gasteiger partial charge in [-0.3, -0.25) is 9.59 Å². The van der Waals surface area contributed by atoms with Crippen LogP contribution in [0.1, 0.15) is 41.5 Å². The second-order valence-electron chi connectivity index (χ2n) is 6.88. The van der Waals surface area contributed by atoms with Crippen LogP contribution in [-0.2, 0) is 9.53 Å². The number of rotatable bonds is 8. The van der Waals surface area contributed by atoms with E-state index < -0.39 is 24.0 Å². The summed E-state index contributed by atoms with van der Waals surface area (Å²) in [6.07, 6.45) is -1.01.